The number of carbonyl (C=O) groups excluding carboxylic acids is 2. The molecule has 0 unspecified atom stereocenters. The fourth-order valence-corrected chi connectivity index (χ4v) is 3.38. The Labute approximate surface area is 188 Å². The first-order chi connectivity index (χ1) is 15.2. The van der Waals surface area contributed by atoms with Crippen LogP contribution in [-0.4, -0.2) is 35.3 Å². The SMILES string of the molecule is CC(C)(C)OC(=O)N[C@H](Cc1ccc2ccccc2c1)C(=O)NCCc1ccc(O)cc1. The Morgan fingerprint density at radius 3 is 2.28 bits per heavy atom. The molecule has 0 aliphatic carbocycles. The van der Waals surface area contributed by atoms with Crippen molar-refractivity contribution in [2.24, 2.45) is 0 Å². The third kappa shape index (κ3) is 7.01. The van der Waals surface area contributed by atoms with Crippen LogP contribution in [0.2, 0.25) is 0 Å². The zero-order chi connectivity index (χ0) is 23.1. The lowest BCUT2D eigenvalue weighted by molar-refractivity contribution is -0.123. The fraction of sp³-hybridized carbons (Fsp3) is 0.308. The first-order valence-corrected chi connectivity index (χ1v) is 10.7. The number of alkyl carbamates (subject to hydrolysis) is 1. The van der Waals surface area contributed by atoms with Crippen molar-refractivity contribution in [1.29, 1.82) is 0 Å². The standard InChI is InChI=1S/C26H30N2O4/c1-26(2,3)32-25(31)28-23(17-19-8-11-20-6-4-5-7-21(20)16-19)24(30)27-15-14-18-9-12-22(29)13-10-18/h4-13,16,23,29H,14-15,17H2,1-3H3,(H,27,30)(H,28,31)/t23-/m1/s1. The molecule has 6 nitrogen and oxygen atoms in total. The molecular formula is C26H30N2O4. The minimum absolute atomic E-state index is 0.204. The van der Waals surface area contributed by atoms with Crippen LogP contribution in [0.1, 0.15) is 31.9 Å². The van der Waals surface area contributed by atoms with E-state index in [2.05, 4.69) is 10.6 Å². The van der Waals surface area contributed by atoms with Gasteiger partial charge >= 0.3 is 6.09 Å². The first-order valence-electron chi connectivity index (χ1n) is 10.7. The summed E-state index contributed by atoms with van der Waals surface area (Å²) in [4.78, 5) is 25.3. The van der Waals surface area contributed by atoms with E-state index < -0.39 is 17.7 Å². The molecule has 1 atom stereocenters. The molecule has 3 aromatic rings. The zero-order valence-electron chi connectivity index (χ0n) is 18.7. The number of nitrogens with one attached hydrogen (secondary N) is 2. The number of fused-ring (bicyclic) bond motifs is 1. The molecule has 0 aliphatic heterocycles. The fourth-order valence-electron chi connectivity index (χ4n) is 3.38. The topological polar surface area (TPSA) is 87.7 Å². The summed E-state index contributed by atoms with van der Waals surface area (Å²) in [5.74, 6) is -0.0717. The van der Waals surface area contributed by atoms with Crippen LogP contribution in [0.4, 0.5) is 4.79 Å². The molecule has 3 N–H and O–H groups in total. The Balaban J connectivity index is 1.68. The molecule has 0 bridgehead atoms. The van der Waals surface area contributed by atoms with Crippen LogP contribution in [-0.2, 0) is 22.4 Å². The number of carbonyl (C=O) groups is 2. The summed E-state index contributed by atoms with van der Waals surface area (Å²) < 4.78 is 5.36. The van der Waals surface area contributed by atoms with Crippen molar-refractivity contribution in [2.45, 2.75) is 45.3 Å². The molecule has 0 fully saturated rings. The molecule has 2 amide bonds. The van der Waals surface area contributed by atoms with E-state index in [9.17, 15) is 14.7 Å². The van der Waals surface area contributed by atoms with E-state index in [1.54, 1.807) is 32.9 Å². The van der Waals surface area contributed by atoms with Gasteiger partial charge in [0.25, 0.3) is 0 Å². The van der Waals surface area contributed by atoms with Crippen molar-refractivity contribution < 1.29 is 19.4 Å². The van der Waals surface area contributed by atoms with Gasteiger partial charge in [-0.1, -0.05) is 54.6 Å². The smallest absolute Gasteiger partial charge is 0.408 e. The van der Waals surface area contributed by atoms with Gasteiger partial charge in [-0.3, -0.25) is 4.79 Å². The molecular weight excluding hydrogens is 404 g/mol. The molecule has 0 aromatic heterocycles. The predicted octanol–water partition coefficient (Wildman–Crippen LogP) is 4.34. The molecule has 0 heterocycles. The average molecular weight is 435 g/mol. The zero-order valence-corrected chi connectivity index (χ0v) is 18.7. The van der Waals surface area contributed by atoms with Gasteiger partial charge in [0, 0.05) is 13.0 Å². The van der Waals surface area contributed by atoms with Gasteiger partial charge in [0.1, 0.15) is 17.4 Å². The number of ether oxygens (including phenoxy) is 1. The summed E-state index contributed by atoms with van der Waals surface area (Å²) in [6.07, 6.45) is 0.327. The Hall–Kier alpha value is -3.54. The monoisotopic (exact) mass is 434 g/mol. The maximum Gasteiger partial charge on any atom is 0.408 e. The van der Waals surface area contributed by atoms with Crippen molar-refractivity contribution in [2.75, 3.05) is 6.54 Å². The number of benzene rings is 3. The maximum absolute atomic E-state index is 12.9. The number of phenolic OH excluding ortho intramolecular Hbond substituents is 1. The van der Waals surface area contributed by atoms with Gasteiger partial charge in [-0.2, -0.15) is 0 Å². The highest BCUT2D eigenvalue weighted by Crippen LogP contribution is 2.17. The third-order valence-electron chi connectivity index (χ3n) is 4.91. The molecule has 0 spiro atoms. The molecule has 32 heavy (non-hydrogen) atoms. The second kappa shape index (κ2) is 10.2. The summed E-state index contributed by atoms with van der Waals surface area (Å²) in [5, 5.41) is 17.2. The van der Waals surface area contributed by atoms with Crippen LogP contribution in [0.5, 0.6) is 5.75 Å². The molecule has 168 valence electrons. The molecule has 6 heteroatoms. The summed E-state index contributed by atoms with van der Waals surface area (Å²) >= 11 is 0. The Bertz CT molecular complexity index is 1070. The average Bonchev–Trinajstić information content (AvgIpc) is 2.73. The van der Waals surface area contributed by atoms with Gasteiger partial charge < -0.3 is 20.5 Å². The molecule has 0 radical (unpaired) electrons. The van der Waals surface area contributed by atoms with Crippen LogP contribution >= 0.6 is 0 Å². The number of aromatic hydroxyl groups is 1. The molecule has 0 saturated carbocycles. The second-order valence-corrected chi connectivity index (χ2v) is 8.79. The number of amides is 2. The summed E-state index contributed by atoms with van der Waals surface area (Å²) in [7, 11) is 0. The van der Waals surface area contributed by atoms with Gasteiger partial charge in [0.15, 0.2) is 0 Å². The number of hydrogen-bond acceptors (Lipinski definition) is 4. The highest BCUT2D eigenvalue weighted by molar-refractivity contribution is 5.87. The van der Waals surface area contributed by atoms with Crippen molar-refractivity contribution in [1.82, 2.24) is 10.6 Å². The van der Waals surface area contributed by atoms with E-state index in [-0.39, 0.29) is 11.7 Å². The van der Waals surface area contributed by atoms with Gasteiger partial charge in [0.05, 0.1) is 0 Å². The van der Waals surface area contributed by atoms with E-state index >= 15 is 0 Å². The van der Waals surface area contributed by atoms with Crippen LogP contribution in [0.25, 0.3) is 10.8 Å². The number of hydrogen-bond donors (Lipinski definition) is 3. The summed E-state index contributed by atoms with van der Waals surface area (Å²) in [6.45, 7) is 5.75. The van der Waals surface area contributed by atoms with Crippen molar-refractivity contribution in [3.05, 3.63) is 77.9 Å². The van der Waals surface area contributed by atoms with Crippen molar-refractivity contribution in [3.8, 4) is 5.75 Å². The Morgan fingerprint density at radius 2 is 1.59 bits per heavy atom. The van der Waals surface area contributed by atoms with Crippen molar-refractivity contribution >= 4 is 22.8 Å². The van der Waals surface area contributed by atoms with Crippen LogP contribution < -0.4 is 10.6 Å². The van der Waals surface area contributed by atoms with E-state index in [4.69, 9.17) is 4.74 Å². The number of phenols is 1. The number of rotatable bonds is 7. The molecule has 0 aliphatic rings. The summed E-state index contributed by atoms with van der Waals surface area (Å²) in [5.41, 5.74) is 1.28. The molecule has 3 aromatic carbocycles. The van der Waals surface area contributed by atoms with E-state index in [1.165, 1.54) is 0 Å². The van der Waals surface area contributed by atoms with Gasteiger partial charge in [-0.15, -0.1) is 0 Å². The van der Waals surface area contributed by atoms with Crippen LogP contribution in [0.15, 0.2) is 66.7 Å². The van der Waals surface area contributed by atoms with E-state index in [1.807, 2.05) is 54.6 Å². The van der Waals surface area contributed by atoms with Gasteiger partial charge in [0.2, 0.25) is 5.91 Å². The molecule has 0 saturated heterocycles. The first kappa shape index (κ1) is 23.1. The Morgan fingerprint density at radius 1 is 0.938 bits per heavy atom. The minimum Gasteiger partial charge on any atom is -0.508 e. The lowest BCUT2D eigenvalue weighted by atomic mass is 10.0. The van der Waals surface area contributed by atoms with Crippen LogP contribution in [0, 0.1) is 0 Å². The van der Waals surface area contributed by atoms with E-state index in [0.29, 0.717) is 19.4 Å². The highest BCUT2D eigenvalue weighted by atomic mass is 16.6. The quantitative estimate of drug-likeness (QED) is 0.516. The van der Waals surface area contributed by atoms with Crippen molar-refractivity contribution in [3.63, 3.8) is 0 Å². The summed E-state index contributed by atoms with van der Waals surface area (Å²) in [6, 6.07) is 20.1. The molecule has 3 rings (SSSR count). The van der Waals surface area contributed by atoms with Gasteiger partial charge in [-0.05, 0) is 61.2 Å². The lowest BCUT2D eigenvalue weighted by Gasteiger charge is -2.23. The normalized spacial score (nSPS) is 12.2. The van der Waals surface area contributed by atoms with E-state index in [0.717, 1.165) is 21.9 Å². The maximum atomic E-state index is 12.9. The third-order valence-corrected chi connectivity index (χ3v) is 4.91. The predicted molar refractivity (Wildman–Crippen MR) is 126 cm³/mol. The lowest BCUT2D eigenvalue weighted by Crippen LogP contribution is -2.49. The largest absolute Gasteiger partial charge is 0.508 e. The highest BCUT2D eigenvalue weighted by Gasteiger charge is 2.24. The Kier molecular flexibility index (Phi) is 7.36. The van der Waals surface area contributed by atoms with Crippen LogP contribution in [0.3, 0.4) is 0 Å². The minimum atomic E-state index is -0.772. The second-order valence-electron chi connectivity index (χ2n) is 8.79. The van der Waals surface area contributed by atoms with Gasteiger partial charge in [-0.25, -0.2) is 4.79 Å².